The number of ether oxygens (including phenoxy) is 2. The summed E-state index contributed by atoms with van der Waals surface area (Å²) in [7, 11) is 3.15. The van der Waals surface area contributed by atoms with Crippen molar-refractivity contribution in [2.24, 2.45) is 0 Å². The Bertz CT molecular complexity index is 513. The third-order valence-corrected chi connectivity index (χ3v) is 5.70. The van der Waals surface area contributed by atoms with E-state index in [0.717, 1.165) is 5.56 Å². The minimum absolute atomic E-state index is 0.221. The molecule has 0 saturated heterocycles. The largest absolute Gasteiger partial charge is 0.496 e. The molecule has 1 aliphatic carbocycles. The lowest BCUT2D eigenvalue weighted by atomic mass is 10.0. The number of ketones is 1. The Morgan fingerprint density at radius 1 is 1.18 bits per heavy atom. The van der Waals surface area contributed by atoms with E-state index in [2.05, 4.69) is 0 Å². The standard InChI is InChI=1S/C17H23ClO3S/c1-20-16-10-15(18)17(21-2)9-12(16)8-13(19)11-22-14-6-4-3-5-7-14/h9-10,14H,3-8,11H2,1-2H3. The van der Waals surface area contributed by atoms with Gasteiger partial charge in [-0.2, -0.15) is 11.8 Å². The van der Waals surface area contributed by atoms with E-state index in [9.17, 15) is 4.79 Å². The van der Waals surface area contributed by atoms with Gasteiger partial charge >= 0.3 is 0 Å². The maximum atomic E-state index is 12.3. The molecule has 0 spiro atoms. The highest BCUT2D eigenvalue weighted by Crippen LogP contribution is 2.33. The summed E-state index contributed by atoms with van der Waals surface area (Å²) in [6.45, 7) is 0. The summed E-state index contributed by atoms with van der Waals surface area (Å²) in [5, 5.41) is 1.14. The van der Waals surface area contributed by atoms with Crippen LogP contribution in [0.15, 0.2) is 12.1 Å². The van der Waals surface area contributed by atoms with Crippen molar-refractivity contribution in [3.63, 3.8) is 0 Å². The number of benzene rings is 1. The van der Waals surface area contributed by atoms with E-state index in [1.54, 1.807) is 38.1 Å². The van der Waals surface area contributed by atoms with Crippen molar-refractivity contribution in [2.45, 2.75) is 43.8 Å². The lowest BCUT2D eigenvalue weighted by Gasteiger charge is -2.20. The van der Waals surface area contributed by atoms with Gasteiger partial charge in [0.1, 0.15) is 17.3 Å². The second-order valence-electron chi connectivity index (χ2n) is 5.59. The number of thioether (sulfide) groups is 1. The number of carbonyl (C=O) groups excluding carboxylic acids is 1. The van der Waals surface area contributed by atoms with Gasteiger partial charge < -0.3 is 9.47 Å². The summed E-state index contributed by atoms with van der Waals surface area (Å²) >= 11 is 7.89. The Morgan fingerprint density at radius 3 is 2.50 bits per heavy atom. The Hall–Kier alpha value is -0.870. The zero-order valence-corrected chi connectivity index (χ0v) is 14.8. The first-order valence-corrected chi connectivity index (χ1v) is 9.10. The van der Waals surface area contributed by atoms with E-state index < -0.39 is 0 Å². The Morgan fingerprint density at radius 2 is 1.86 bits per heavy atom. The molecule has 0 atom stereocenters. The molecule has 0 unspecified atom stereocenters. The summed E-state index contributed by atoms with van der Waals surface area (Å²) in [5.74, 6) is 2.00. The van der Waals surface area contributed by atoms with Gasteiger partial charge in [-0.15, -0.1) is 0 Å². The van der Waals surface area contributed by atoms with Gasteiger partial charge in [-0.05, 0) is 18.9 Å². The number of rotatable bonds is 7. The molecule has 0 aliphatic heterocycles. The molecule has 0 N–H and O–H groups in total. The number of hydrogen-bond acceptors (Lipinski definition) is 4. The number of hydrogen-bond donors (Lipinski definition) is 0. The lowest BCUT2D eigenvalue weighted by Crippen LogP contribution is -2.13. The van der Waals surface area contributed by atoms with Gasteiger partial charge in [-0.3, -0.25) is 4.79 Å². The monoisotopic (exact) mass is 342 g/mol. The molecule has 1 aromatic carbocycles. The molecule has 0 bridgehead atoms. The zero-order valence-electron chi connectivity index (χ0n) is 13.2. The average molecular weight is 343 g/mol. The number of halogens is 1. The van der Waals surface area contributed by atoms with Gasteiger partial charge in [0.15, 0.2) is 0 Å². The molecule has 2 rings (SSSR count). The highest BCUT2D eigenvalue weighted by Gasteiger charge is 2.17. The van der Waals surface area contributed by atoms with E-state index in [0.29, 0.717) is 33.9 Å². The molecular weight excluding hydrogens is 320 g/mol. The molecule has 0 heterocycles. The summed E-state index contributed by atoms with van der Waals surface area (Å²) in [6.07, 6.45) is 6.79. The minimum Gasteiger partial charge on any atom is -0.496 e. The predicted molar refractivity (Wildman–Crippen MR) is 92.6 cm³/mol. The van der Waals surface area contributed by atoms with Gasteiger partial charge in [0.05, 0.1) is 25.0 Å². The molecular formula is C17H23ClO3S. The Balaban J connectivity index is 1.95. The van der Waals surface area contributed by atoms with Gasteiger partial charge in [0.2, 0.25) is 0 Å². The van der Waals surface area contributed by atoms with Crippen molar-refractivity contribution in [1.82, 2.24) is 0 Å². The van der Waals surface area contributed by atoms with Gasteiger partial charge in [0, 0.05) is 23.3 Å². The summed E-state index contributed by atoms with van der Waals surface area (Å²) in [6, 6.07) is 3.50. The average Bonchev–Trinajstić information content (AvgIpc) is 2.55. The minimum atomic E-state index is 0.221. The van der Waals surface area contributed by atoms with Crippen LogP contribution >= 0.6 is 23.4 Å². The fraction of sp³-hybridized carbons (Fsp3) is 0.588. The first-order chi connectivity index (χ1) is 10.6. The van der Waals surface area contributed by atoms with Crippen LogP contribution in [-0.4, -0.2) is 31.0 Å². The maximum Gasteiger partial charge on any atom is 0.147 e. The Labute approximate surface area is 141 Å². The van der Waals surface area contributed by atoms with Crippen molar-refractivity contribution >= 4 is 29.1 Å². The Kier molecular flexibility index (Phi) is 6.90. The van der Waals surface area contributed by atoms with Crippen LogP contribution in [0.3, 0.4) is 0 Å². The van der Waals surface area contributed by atoms with E-state index in [1.807, 2.05) is 0 Å². The van der Waals surface area contributed by atoms with Crippen molar-refractivity contribution in [2.75, 3.05) is 20.0 Å². The van der Waals surface area contributed by atoms with E-state index in [4.69, 9.17) is 21.1 Å². The smallest absolute Gasteiger partial charge is 0.147 e. The van der Waals surface area contributed by atoms with Crippen LogP contribution in [0.1, 0.15) is 37.7 Å². The van der Waals surface area contributed by atoms with Crippen molar-refractivity contribution in [3.8, 4) is 11.5 Å². The molecule has 0 aromatic heterocycles. The predicted octanol–water partition coefficient (Wildman–Crippen LogP) is 4.53. The second-order valence-corrected chi connectivity index (χ2v) is 7.28. The SMILES string of the molecule is COc1cc(CC(=O)CSC2CCCCC2)c(OC)cc1Cl. The molecule has 3 nitrogen and oxygen atoms in total. The van der Waals surface area contributed by atoms with Crippen LogP contribution in [0.25, 0.3) is 0 Å². The normalized spacial score (nSPS) is 15.6. The van der Waals surface area contributed by atoms with Gasteiger partial charge in [-0.1, -0.05) is 30.9 Å². The lowest BCUT2D eigenvalue weighted by molar-refractivity contribution is -0.116. The molecule has 1 fully saturated rings. The maximum absolute atomic E-state index is 12.3. The second kappa shape index (κ2) is 8.68. The van der Waals surface area contributed by atoms with Gasteiger partial charge in [0.25, 0.3) is 0 Å². The van der Waals surface area contributed by atoms with Crippen LogP contribution in [-0.2, 0) is 11.2 Å². The third-order valence-electron chi connectivity index (χ3n) is 3.97. The van der Waals surface area contributed by atoms with Crippen LogP contribution < -0.4 is 9.47 Å². The molecule has 0 amide bonds. The van der Waals surface area contributed by atoms with Crippen molar-refractivity contribution in [1.29, 1.82) is 0 Å². The number of Topliss-reactive ketones (excluding diaryl/α,β-unsaturated/α-hetero) is 1. The number of carbonyl (C=O) groups is 1. The number of methoxy groups -OCH3 is 2. The summed E-state index contributed by atoms with van der Waals surface area (Å²) < 4.78 is 10.5. The third kappa shape index (κ3) is 4.82. The molecule has 5 heteroatoms. The molecule has 1 aromatic rings. The van der Waals surface area contributed by atoms with Crippen molar-refractivity contribution in [3.05, 3.63) is 22.7 Å². The highest BCUT2D eigenvalue weighted by atomic mass is 35.5. The van der Waals surface area contributed by atoms with Crippen LogP contribution in [0.2, 0.25) is 5.02 Å². The highest BCUT2D eigenvalue weighted by molar-refractivity contribution is 8.00. The first-order valence-electron chi connectivity index (χ1n) is 7.67. The van der Waals surface area contributed by atoms with E-state index >= 15 is 0 Å². The van der Waals surface area contributed by atoms with Crippen LogP contribution in [0.5, 0.6) is 11.5 Å². The van der Waals surface area contributed by atoms with Crippen molar-refractivity contribution < 1.29 is 14.3 Å². The molecule has 122 valence electrons. The summed E-state index contributed by atoms with van der Waals surface area (Å²) in [4.78, 5) is 12.3. The molecule has 1 saturated carbocycles. The molecule has 1 aliphatic rings. The fourth-order valence-electron chi connectivity index (χ4n) is 2.77. The van der Waals surface area contributed by atoms with Gasteiger partial charge in [-0.25, -0.2) is 0 Å². The zero-order chi connectivity index (χ0) is 15.9. The van der Waals surface area contributed by atoms with Crippen LogP contribution in [0.4, 0.5) is 0 Å². The van der Waals surface area contributed by atoms with Crippen LogP contribution in [0, 0.1) is 0 Å². The van der Waals surface area contributed by atoms with E-state index in [-0.39, 0.29) is 5.78 Å². The molecule has 0 radical (unpaired) electrons. The first kappa shape index (κ1) is 17.5. The topological polar surface area (TPSA) is 35.5 Å². The van der Waals surface area contributed by atoms with E-state index in [1.165, 1.54) is 32.1 Å². The molecule has 22 heavy (non-hydrogen) atoms. The summed E-state index contributed by atoms with van der Waals surface area (Å²) in [5.41, 5.74) is 0.831. The fourth-order valence-corrected chi connectivity index (χ4v) is 4.19. The quantitative estimate of drug-likeness (QED) is 0.729.